The van der Waals surface area contributed by atoms with Gasteiger partial charge in [-0.1, -0.05) is 13.8 Å². The zero-order chi connectivity index (χ0) is 19.2. The van der Waals surface area contributed by atoms with E-state index in [2.05, 4.69) is 45.0 Å². The van der Waals surface area contributed by atoms with Crippen LogP contribution in [0.15, 0.2) is 6.07 Å². The van der Waals surface area contributed by atoms with Crippen LogP contribution in [-0.4, -0.2) is 32.8 Å². The molecule has 0 radical (unpaired) electrons. The molecule has 2 aromatic rings. The lowest BCUT2D eigenvalue weighted by Crippen LogP contribution is -2.48. The molecule has 0 atom stereocenters. The Morgan fingerprint density at radius 2 is 1.88 bits per heavy atom. The van der Waals surface area contributed by atoms with Gasteiger partial charge in [-0.2, -0.15) is 5.10 Å². The lowest BCUT2D eigenvalue weighted by atomic mass is 10.0. The molecule has 138 valence electrons. The Morgan fingerprint density at radius 1 is 1.28 bits per heavy atom. The summed E-state index contributed by atoms with van der Waals surface area (Å²) in [4.78, 5) is 17.8. The van der Waals surface area contributed by atoms with Gasteiger partial charge in [0.05, 0.1) is 22.2 Å². The van der Waals surface area contributed by atoms with E-state index in [4.69, 9.17) is 10.7 Å². The number of nitrogens with one attached hydrogen (secondary N) is 1. The summed E-state index contributed by atoms with van der Waals surface area (Å²) in [6, 6.07) is 1.89. The topological polar surface area (TPSA) is 85.8 Å². The first kappa shape index (κ1) is 19.4. The molecule has 6 heteroatoms. The van der Waals surface area contributed by atoms with E-state index in [0.29, 0.717) is 12.1 Å². The van der Waals surface area contributed by atoms with Crippen molar-refractivity contribution in [3.05, 3.63) is 23.0 Å². The molecule has 2 heterocycles. The van der Waals surface area contributed by atoms with E-state index in [9.17, 15) is 4.79 Å². The maximum Gasteiger partial charge on any atom is 0.252 e. The van der Waals surface area contributed by atoms with Crippen molar-refractivity contribution in [3.8, 4) is 0 Å². The van der Waals surface area contributed by atoms with Crippen LogP contribution >= 0.6 is 0 Å². The largest absolute Gasteiger partial charge is 0.346 e. The van der Waals surface area contributed by atoms with Crippen LogP contribution in [-0.2, 0) is 5.54 Å². The smallest absolute Gasteiger partial charge is 0.252 e. The van der Waals surface area contributed by atoms with Crippen molar-refractivity contribution < 1.29 is 4.79 Å². The molecule has 0 spiro atoms. The number of aryl methyl sites for hydroxylation is 1. The number of amides is 1. The van der Waals surface area contributed by atoms with Crippen molar-refractivity contribution in [1.29, 1.82) is 0 Å². The van der Waals surface area contributed by atoms with Crippen molar-refractivity contribution in [3.63, 3.8) is 0 Å². The molecule has 0 saturated heterocycles. The number of rotatable bonds is 4. The third-order valence-electron chi connectivity index (χ3n) is 4.27. The van der Waals surface area contributed by atoms with Gasteiger partial charge in [-0.05, 0) is 53.5 Å². The van der Waals surface area contributed by atoms with Gasteiger partial charge >= 0.3 is 0 Å². The van der Waals surface area contributed by atoms with Crippen LogP contribution in [0, 0.1) is 6.92 Å². The third-order valence-corrected chi connectivity index (χ3v) is 4.27. The lowest BCUT2D eigenvalue weighted by molar-refractivity contribution is 0.0917. The minimum absolute atomic E-state index is 0.138. The summed E-state index contributed by atoms with van der Waals surface area (Å²) < 4.78 is 1.91. The van der Waals surface area contributed by atoms with Crippen LogP contribution < -0.4 is 11.1 Å². The number of fused-ring (bicyclic) bond motifs is 1. The van der Waals surface area contributed by atoms with Gasteiger partial charge < -0.3 is 11.1 Å². The summed E-state index contributed by atoms with van der Waals surface area (Å²) in [6.45, 7) is 16.5. The maximum absolute atomic E-state index is 13.0. The van der Waals surface area contributed by atoms with E-state index >= 15 is 0 Å². The predicted octanol–water partition coefficient (Wildman–Crippen LogP) is 3.09. The average molecular weight is 345 g/mol. The summed E-state index contributed by atoms with van der Waals surface area (Å²) in [6.07, 6.45) is 0. The summed E-state index contributed by atoms with van der Waals surface area (Å²) in [5, 5.41) is 8.51. The molecule has 0 unspecified atom stereocenters. The minimum Gasteiger partial charge on any atom is -0.346 e. The molecule has 2 rings (SSSR count). The second-order valence-corrected chi connectivity index (χ2v) is 8.66. The number of nitrogens with two attached hydrogens (primary N) is 1. The molecule has 0 aliphatic rings. The fourth-order valence-electron chi connectivity index (χ4n) is 2.68. The van der Waals surface area contributed by atoms with Crippen molar-refractivity contribution in [2.24, 2.45) is 5.73 Å². The Kier molecular flexibility index (Phi) is 4.97. The molecule has 0 aliphatic carbocycles. The minimum atomic E-state index is -0.474. The van der Waals surface area contributed by atoms with Crippen LogP contribution in [0.4, 0.5) is 0 Å². The van der Waals surface area contributed by atoms with Crippen LogP contribution in [0.5, 0.6) is 0 Å². The Labute approximate surface area is 150 Å². The van der Waals surface area contributed by atoms with E-state index in [1.54, 1.807) is 0 Å². The zero-order valence-electron chi connectivity index (χ0n) is 16.7. The molecule has 6 nitrogen and oxygen atoms in total. The van der Waals surface area contributed by atoms with Gasteiger partial charge in [-0.3, -0.25) is 4.79 Å². The van der Waals surface area contributed by atoms with Gasteiger partial charge in [0, 0.05) is 17.8 Å². The molecule has 0 saturated carbocycles. The van der Waals surface area contributed by atoms with Crippen molar-refractivity contribution >= 4 is 16.9 Å². The van der Waals surface area contributed by atoms with E-state index in [0.717, 1.165) is 22.4 Å². The van der Waals surface area contributed by atoms with Crippen LogP contribution in [0.25, 0.3) is 11.0 Å². The summed E-state index contributed by atoms with van der Waals surface area (Å²) >= 11 is 0. The maximum atomic E-state index is 13.0. The molecule has 1 amide bonds. The van der Waals surface area contributed by atoms with Gasteiger partial charge in [-0.15, -0.1) is 0 Å². The SMILES string of the molecule is Cc1nn(C(C)(C)C)c2nc(C(C)C)cc(C(=O)NC(C)(C)CN)c12. The normalized spacial score (nSPS) is 12.9. The number of pyridine rings is 1. The quantitative estimate of drug-likeness (QED) is 0.891. The number of nitrogens with zero attached hydrogens (tertiary/aromatic N) is 3. The molecule has 0 aromatic carbocycles. The van der Waals surface area contributed by atoms with Gasteiger partial charge in [0.1, 0.15) is 0 Å². The summed E-state index contributed by atoms with van der Waals surface area (Å²) in [7, 11) is 0. The first-order valence-electron chi connectivity index (χ1n) is 8.80. The van der Waals surface area contributed by atoms with Crippen molar-refractivity contribution in [2.45, 2.75) is 72.4 Å². The van der Waals surface area contributed by atoms with Crippen molar-refractivity contribution in [1.82, 2.24) is 20.1 Å². The molecule has 2 aromatic heterocycles. The number of carbonyl (C=O) groups excluding carboxylic acids is 1. The molecule has 0 aliphatic heterocycles. The zero-order valence-corrected chi connectivity index (χ0v) is 16.7. The third kappa shape index (κ3) is 3.84. The number of carbonyl (C=O) groups is 1. The highest BCUT2D eigenvalue weighted by atomic mass is 16.1. The number of hydrogen-bond acceptors (Lipinski definition) is 4. The molecule has 25 heavy (non-hydrogen) atoms. The van der Waals surface area contributed by atoms with Gasteiger partial charge in [0.15, 0.2) is 5.65 Å². The van der Waals surface area contributed by atoms with Gasteiger partial charge in [0.2, 0.25) is 0 Å². The fraction of sp³-hybridized carbons (Fsp3) is 0.632. The first-order chi connectivity index (χ1) is 11.4. The Bertz CT molecular complexity index is 796. The van der Waals surface area contributed by atoms with Gasteiger partial charge in [0.25, 0.3) is 5.91 Å². The van der Waals surface area contributed by atoms with E-state index in [-0.39, 0.29) is 17.4 Å². The number of aromatic nitrogens is 3. The average Bonchev–Trinajstić information content (AvgIpc) is 2.83. The second kappa shape index (κ2) is 6.41. The monoisotopic (exact) mass is 345 g/mol. The molecule has 3 N–H and O–H groups in total. The number of hydrogen-bond donors (Lipinski definition) is 2. The standard InChI is InChI=1S/C19H31N5O/c1-11(2)14-9-13(17(25)22-19(7,8)10-20)15-12(3)23-24(16(15)21-14)18(4,5)6/h9,11H,10,20H2,1-8H3,(H,22,25). The molecule has 0 fully saturated rings. The van der Waals surface area contributed by atoms with Crippen molar-refractivity contribution in [2.75, 3.05) is 6.54 Å². The van der Waals surface area contributed by atoms with Gasteiger partial charge in [-0.25, -0.2) is 9.67 Å². The van der Waals surface area contributed by atoms with E-state index in [1.807, 2.05) is 31.5 Å². The summed E-state index contributed by atoms with van der Waals surface area (Å²) in [5.74, 6) is 0.0726. The second-order valence-electron chi connectivity index (χ2n) is 8.66. The highest BCUT2D eigenvalue weighted by molar-refractivity contribution is 6.06. The van der Waals surface area contributed by atoms with E-state index in [1.165, 1.54) is 0 Å². The highest BCUT2D eigenvalue weighted by Crippen LogP contribution is 2.29. The van der Waals surface area contributed by atoms with E-state index < -0.39 is 5.54 Å². The Morgan fingerprint density at radius 3 is 2.36 bits per heavy atom. The lowest BCUT2D eigenvalue weighted by Gasteiger charge is -2.25. The predicted molar refractivity (Wildman–Crippen MR) is 102 cm³/mol. The van der Waals surface area contributed by atoms with Crippen LogP contribution in [0.2, 0.25) is 0 Å². The molecule has 0 bridgehead atoms. The molecular weight excluding hydrogens is 314 g/mol. The van der Waals surface area contributed by atoms with Crippen LogP contribution in [0.1, 0.15) is 76.1 Å². The fourth-order valence-corrected chi connectivity index (χ4v) is 2.68. The first-order valence-corrected chi connectivity index (χ1v) is 8.80. The molecular formula is C19H31N5O. The summed E-state index contributed by atoms with van der Waals surface area (Å²) in [5.41, 5.74) is 8.14. The Balaban J connectivity index is 2.74. The highest BCUT2D eigenvalue weighted by Gasteiger charge is 2.27. The van der Waals surface area contributed by atoms with Crippen LogP contribution in [0.3, 0.4) is 0 Å². The Hall–Kier alpha value is -1.95.